The molecule has 0 aliphatic carbocycles. The first kappa shape index (κ1) is 13.6. The van der Waals surface area contributed by atoms with Gasteiger partial charge in [0.2, 0.25) is 5.91 Å². The zero-order chi connectivity index (χ0) is 14.7. The molecule has 0 saturated carbocycles. The van der Waals surface area contributed by atoms with Crippen LogP contribution in [-0.4, -0.2) is 10.5 Å². The standard InChI is InChI=1S/C17H16N2OS/c1-2-19-9-7-14-11-15(4-5-16(14)19)18-17(20)6-3-13-8-10-21-12-13/h3-12H,2H2,1H3,(H,18,20)/b6-3+. The SMILES string of the molecule is CCn1ccc2cc(NC(=O)/C=C/c3ccsc3)ccc21. The Hall–Kier alpha value is -2.33. The Kier molecular flexibility index (Phi) is 3.88. The second-order valence-corrected chi connectivity index (χ2v) is 5.53. The lowest BCUT2D eigenvalue weighted by molar-refractivity contribution is -0.111. The van der Waals surface area contributed by atoms with Crippen LogP contribution in [-0.2, 0) is 11.3 Å². The van der Waals surface area contributed by atoms with Gasteiger partial charge in [0.1, 0.15) is 0 Å². The molecule has 0 atom stereocenters. The summed E-state index contributed by atoms with van der Waals surface area (Å²) < 4.78 is 2.18. The first-order chi connectivity index (χ1) is 10.3. The summed E-state index contributed by atoms with van der Waals surface area (Å²) in [4.78, 5) is 11.9. The van der Waals surface area contributed by atoms with E-state index in [0.29, 0.717) is 0 Å². The molecular formula is C17H16N2OS. The summed E-state index contributed by atoms with van der Waals surface area (Å²) in [5, 5.41) is 8.02. The molecule has 0 bridgehead atoms. The normalized spacial score (nSPS) is 11.3. The average molecular weight is 296 g/mol. The Morgan fingerprint density at radius 1 is 1.33 bits per heavy atom. The van der Waals surface area contributed by atoms with Gasteiger partial charge in [-0.3, -0.25) is 4.79 Å². The lowest BCUT2D eigenvalue weighted by atomic mass is 10.2. The number of amides is 1. The minimum Gasteiger partial charge on any atom is -0.348 e. The number of hydrogen-bond acceptors (Lipinski definition) is 2. The van der Waals surface area contributed by atoms with E-state index in [4.69, 9.17) is 0 Å². The van der Waals surface area contributed by atoms with Crippen molar-refractivity contribution in [2.45, 2.75) is 13.5 Å². The van der Waals surface area contributed by atoms with Crippen molar-refractivity contribution in [2.75, 3.05) is 5.32 Å². The van der Waals surface area contributed by atoms with Crippen LogP contribution in [0.4, 0.5) is 5.69 Å². The van der Waals surface area contributed by atoms with Crippen molar-refractivity contribution in [3.63, 3.8) is 0 Å². The van der Waals surface area contributed by atoms with Gasteiger partial charge in [-0.15, -0.1) is 0 Å². The molecule has 0 unspecified atom stereocenters. The van der Waals surface area contributed by atoms with Crippen LogP contribution >= 0.6 is 11.3 Å². The van der Waals surface area contributed by atoms with Gasteiger partial charge in [0.15, 0.2) is 0 Å². The second kappa shape index (κ2) is 5.97. The molecule has 3 aromatic rings. The number of aromatic nitrogens is 1. The Morgan fingerprint density at radius 2 is 2.24 bits per heavy atom. The Labute approximate surface area is 127 Å². The van der Waals surface area contributed by atoms with E-state index in [-0.39, 0.29) is 5.91 Å². The monoisotopic (exact) mass is 296 g/mol. The maximum Gasteiger partial charge on any atom is 0.248 e. The first-order valence-electron chi connectivity index (χ1n) is 6.86. The fourth-order valence-electron chi connectivity index (χ4n) is 2.28. The van der Waals surface area contributed by atoms with Crippen LogP contribution in [0, 0.1) is 0 Å². The summed E-state index contributed by atoms with van der Waals surface area (Å²) in [5.74, 6) is -0.115. The van der Waals surface area contributed by atoms with Gasteiger partial charge < -0.3 is 9.88 Å². The van der Waals surface area contributed by atoms with Gasteiger partial charge in [0.25, 0.3) is 0 Å². The van der Waals surface area contributed by atoms with Crippen LogP contribution in [0.15, 0.2) is 53.4 Å². The van der Waals surface area contributed by atoms with Crippen molar-refractivity contribution in [2.24, 2.45) is 0 Å². The molecule has 1 amide bonds. The fourth-order valence-corrected chi connectivity index (χ4v) is 2.91. The molecule has 0 fully saturated rings. The highest BCUT2D eigenvalue weighted by molar-refractivity contribution is 7.08. The van der Waals surface area contributed by atoms with E-state index in [0.717, 1.165) is 23.2 Å². The molecule has 0 saturated heterocycles. The molecule has 2 heterocycles. The van der Waals surface area contributed by atoms with Crippen LogP contribution in [0.3, 0.4) is 0 Å². The highest BCUT2D eigenvalue weighted by atomic mass is 32.1. The van der Waals surface area contributed by atoms with Gasteiger partial charge in [-0.05, 0) is 59.7 Å². The molecule has 3 rings (SSSR count). The van der Waals surface area contributed by atoms with E-state index < -0.39 is 0 Å². The van der Waals surface area contributed by atoms with Crippen molar-refractivity contribution < 1.29 is 4.79 Å². The largest absolute Gasteiger partial charge is 0.348 e. The van der Waals surface area contributed by atoms with E-state index >= 15 is 0 Å². The van der Waals surface area contributed by atoms with E-state index in [1.54, 1.807) is 17.4 Å². The van der Waals surface area contributed by atoms with E-state index in [1.807, 2.05) is 41.1 Å². The van der Waals surface area contributed by atoms with Crippen molar-refractivity contribution in [1.82, 2.24) is 4.57 Å². The molecule has 4 heteroatoms. The predicted octanol–water partition coefficient (Wildman–Crippen LogP) is 4.37. The average Bonchev–Trinajstić information content (AvgIpc) is 3.14. The van der Waals surface area contributed by atoms with Gasteiger partial charge >= 0.3 is 0 Å². The zero-order valence-corrected chi connectivity index (χ0v) is 12.6. The van der Waals surface area contributed by atoms with Crippen LogP contribution in [0.2, 0.25) is 0 Å². The number of rotatable bonds is 4. The number of anilines is 1. The lowest BCUT2D eigenvalue weighted by Crippen LogP contribution is -2.07. The molecule has 3 nitrogen and oxygen atoms in total. The summed E-state index contributed by atoms with van der Waals surface area (Å²) >= 11 is 1.62. The Bertz CT molecular complexity index is 784. The van der Waals surface area contributed by atoms with Gasteiger partial charge in [0.05, 0.1) is 0 Å². The zero-order valence-electron chi connectivity index (χ0n) is 11.7. The number of thiophene rings is 1. The van der Waals surface area contributed by atoms with E-state index in [1.165, 1.54) is 5.52 Å². The third-order valence-electron chi connectivity index (χ3n) is 3.35. The summed E-state index contributed by atoms with van der Waals surface area (Å²) in [6.07, 6.45) is 5.44. The first-order valence-corrected chi connectivity index (χ1v) is 7.80. The topological polar surface area (TPSA) is 34.0 Å². The number of benzene rings is 1. The number of carbonyl (C=O) groups is 1. The van der Waals surface area contributed by atoms with Crippen LogP contribution < -0.4 is 5.32 Å². The molecule has 0 aliphatic rings. The molecule has 106 valence electrons. The number of fused-ring (bicyclic) bond motifs is 1. The molecular weight excluding hydrogens is 280 g/mol. The Morgan fingerprint density at radius 3 is 3.00 bits per heavy atom. The molecule has 2 aromatic heterocycles. The smallest absolute Gasteiger partial charge is 0.248 e. The molecule has 1 aromatic carbocycles. The molecule has 0 spiro atoms. The maximum absolute atomic E-state index is 11.9. The number of carbonyl (C=O) groups excluding carboxylic acids is 1. The van der Waals surface area contributed by atoms with Crippen LogP contribution in [0.25, 0.3) is 17.0 Å². The molecule has 1 N–H and O–H groups in total. The molecule has 21 heavy (non-hydrogen) atoms. The highest BCUT2D eigenvalue weighted by Crippen LogP contribution is 2.20. The third kappa shape index (κ3) is 3.06. The molecule has 0 aliphatic heterocycles. The second-order valence-electron chi connectivity index (χ2n) is 4.75. The fraction of sp³-hybridized carbons (Fsp3) is 0.118. The van der Waals surface area contributed by atoms with Crippen molar-refractivity contribution >= 4 is 39.9 Å². The van der Waals surface area contributed by atoms with Gasteiger partial charge in [-0.25, -0.2) is 0 Å². The number of hydrogen-bond donors (Lipinski definition) is 1. The van der Waals surface area contributed by atoms with Gasteiger partial charge in [0, 0.05) is 35.4 Å². The van der Waals surface area contributed by atoms with E-state index in [2.05, 4.69) is 29.1 Å². The van der Waals surface area contributed by atoms with E-state index in [9.17, 15) is 4.79 Å². The predicted molar refractivity (Wildman–Crippen MR) is 89.6 cm³/mol. The quantitative estimate of drug-likeness (QED) is 0.712. The van der Waals surface area contributed by atoms with Crippen LogP contribution in [0.1, 0.15) is 12.5 Å². The minimum atomic E-state index is -0.115. The third-order valence-corrected chi connectivity index (χ3v) is 4.05. The summed E-state index contributed by atoms with van der Waals surface area (Å²) in [6, 6.07) is 10.0. The highest BCUT2D eigenvalue weighted by Gasteiger charge is 2.03. The molecule has 0 radical (unpaired) electrons. The number of nitrogens with one attached hydrogen (secondary N) is 1. The van der Waals surface area contributed by atoms with Crippen molar-refractivity contribution in [3.8, 4) is 0 Å². The summed E-state index contributed by atoms with van der Waals surface area (Å²) in [7, 11) is 0. The summed E-state index contributed by atoms with van der Waals surface area (Å²) in [6.45, 7) is 3.06. The maximum atomic E-state index is 11.9. The van der Waals surface area contributed by atoms with Crippen molar-refractivity contribution in [3.05, 3.63) is 58.9 Å². The van der Waals surface area contributed by atoms with Gasteiger partial charge in [-0.1, -0.05) is 0 Å². The van der Waals surface area contributed by atoms with Crippen LogP contribution in [0.5, 0.6) is 0 Å². The minimum absolute atomic E-state index is 0.115. The summed E-state index contributed by atoms with van der Waals surface area (Å²) in [5.41, 5.74) is 3.05. The van der Waals surface area contributed by atoms with Crippen molar-refractivity contribution in [1.29, 1.82) is 0 Å². The Balaban J connectivity index is 1.74. The lowest BCUT2D eigenvalue weighted by Gasteiger charge is -2.04. The van der Waals surface area contributed by atoms with Gasteiger partial charge in [-0.2, -0.15) is 11.3 Å². The number of nitrogens with zero attached hydrogens (tertiary/aromatic N) is 1. The number of aryl methyl sites for hydroxylation is 1.